The van der Waals surface area contributed by atoms with Crippen LogP contribution in [0.25, 0.3) is 0 Å². The van der Waals surface area contributed by atoms with Crippen LogP contribution in [0, 0.1) is 20.8 Å². The Balaban J connectivity index is 2.14. The quantitative estimate of drug-likeness (QED) is 0.588. The van der Waals surface area contributed by atoms with Crippen LogP contribution in [0.4, 0.5) is 5.69 Å². The van der Waals surface area contributed by atoms with Crippen LogP contribution in [0.5, 0.6) is 0 Å². The number of aromatic carboxylic acids is 1. The van der Waals surface area contributed by atoms with Gasteiger partial charge in [0.1, 0.15) is 5.84 Å². The van der Waals surface area contributed by atoms with E-state index < -0.39 is 5.97 Å². The number of anilines is 1. The van der Waals surface area contributed by atoms with Crippen LogP contribution >= 0.6 is 11.6 Å². The van der Waals surface area contributed by atoms with E-state index in [0.29, 0.717) is 16.4 Å². The maximum Gasteiger partial charge on any atom is 0.336 e. The fourth-order valence-electron chi connectivity index (χ4n) is 3.59. The molecule has 5 nitrogen and oxygen atoms in total. The Labute approximate surface area is 160 Å². The predicted molar refractivity (Wildman–Crippen MR) is 108 cm³/mol. The molecule has 1 saturated heterocycles. The summed E-state index contributed by atoms with van der Waals surface area (Å²) in [5.41, 5.74) is 3.96. The van der Waals surface area contributed by atoms with Gasteiger partial charge in [0.15, 0.2) is 0 Å². The number of hydrogen-bond acceptors (Lipinski definition) is 3. The summed E-state index contributed by atoms with van der Waals surface area (Å²) < 4.78 is 0. The molecule has 1 aromatic carbocycles. The molecule has 1 aliphatic heterocycles. The van der Waals surface area contributed by atoms with Gasteiger partial charge in [-0.15, -0.1) is 0 Å². The second-order valence-corrected chi connectivity index (χ2v) is 7.09. The van der Waals surface area contributed by atoms with Crippen LogP contribution in [0.15, 0.2) is 35.4 Å². The molecule has 0 saturated carbocycles. The molecule has 1 heterocycles. The van der Waals surface area contributed by atoms with Gasteiger partial charge >= 0.3 is 5.97 Å². The molecule has 0 amide bonds. The monoisotopic (exact) mass is 375 g/mol. The highest BCUT2D eigenvalue weighted by Gasteiger charge is 2.24. The van der Waals surface area contributed by atoms with Crippen molar-refractivity contribution in [2.24, 2.45) is 4.99 Å². The number of carboxylic acids is 1. The molecular formula is C20H26ClN3O2. The molecule has 0 atom stereocenters. The summed E-state index contributed by atoms with van der Waals surface area (Å²) in [5, 5.41) is 13.5. The second kappa shape index (κ2) is 8.41. The number of carbonyl (C=O) groups is 1. The summed E-state index contributed by atoms with van der Waals surface area (Å²) in [6.07, 6.45) is 3.27. The highest BCUT2D eigenvalue weighted by atomic mass is 35.5. The summed E-state index contributed by atoms with van der Waals surface area (Å²) in [7, 11) is 0. The summed E-state index contributed by atoms with van der Waals surface area (Å²) in [4.78, 5) is 17.9. The lowest BCUT2D eigenvalue weighted by atomic mass is 9.95. The Hall–Kier alpha value is -2.27. The van der Waals surface area contributed by atoms with Gasteiger partial charge in [-0.2, -0.15) is 0 Å². The minimum atomic E-state index is -0.885. The average Bonchev–Trinajstić information content (AvgIpc) is 2.56. The van der Waals surface area contributed by atoms with Gasteiger partial charge in [-0.05, 0) is 50.3 Å². The van der Waals surface area contributed by atoms with Gasteiger partial charge in [0.25, 0.3) is 0 Å². The molecule has 1 fully saturated rings. The van der Waals surface area contributed by atoms with Gasteiger partial charge in [-0.3, -0.25) is 0 Å². The van der Waals surface area contributed by atoms with Crippen molar-refractivity contribution in [3.8, 4) is 0 Å². The van der Waals surface area contributed by atoms with Crippen molar-refractivity contribution in [1.29, 1.82) is 0 Å². The van der Waals surface area contributed by atoms with E-state index in [2.05, 4.69) is 28.4 Å². The number of halogens is 1. The number of carboxylic acid groups (broad SMARTS) is 1. The molecule has 140 valence electrons. The smallest absolute Gasteiger partial charge is 0.336 e. The van der Waals surface area contributed by atoms with Crippen LogP contribution in [-0.4, -0.2) is 40.9 Å². The lowest BCUT2D eigenvalue weighted by molar-refractivity contribution is 0.0695. The molecule has 0 spiro atoms. The number of aryl methyl sites for hydroxylation is 2. The molecule has 0 aromatic heterocycles. The zero-order valence-electron chi connectivity index (χ0n) is 15.6. The number of benzene rings is 1. The normalized spacial score (nSPS) is 15.7. The Morgan fingerprint density at radius 3 is 2.46 bits per heavy atom. The van der Waals surface area contributed by atoms with E-state index in [0.717, 1.165) is 48.3 Å². The van der Waals surface area contributed by atoms with Crippen LogP contribution in [0.2, 0.25) is 0 Å². The molecule has 1 aliphatic rings. The maximum absolute atomic E-state index is 11.6. The molecule has 0 aliphatic carbocycles. The Bertz CT molecular complexity index is 763. The second-order valence-electron chi connectivity index (χ2n) is 6.64. The van der Waals surface area contributed by atoms with Gasteiger partial charge in [0, 0.05) is 31.0 Å². The van der Waals surface area contributed by atoms with Gasteiger partial charge in [0.2, 0.25) is 0 Å². The van der Waals surface area contributed by atoms with E-state index in [1.807, 2.05) is 26.8 Å². The number of piperidine rings is 1. The SMILES string of the molecule is C=CN=C(C(=C)Cl)N1CCC(Nc2c(C)cc(C)c(C(=O)O)c2C)CC1. The zero-order valence-corrected chi connectivity index (χ0v) is 16.4. The molecule has 2 N–H and O–H groups in total. The number of aliphatic imine (C=N–C) groups is 1. The number of rotatable bonds is 5. The molecule has 0 radical (unpaired) electrons. The van der Waals surface area contributed by atoms with E-state index in [9.17, 15) is 9.90 Å². The van der Waals surface area contributed by atoms with Crippen molar-refractivity contribution in [2.75, 3.05) is 18.4 Å². The van der Waals surface area contributed by atoms with Crippen LogP contribution in [-0.2, 0) is 0 Å². The van der Waals surface area contributed by atoms with Crippen molar-refractivity contribution < 1.29 is 9.90 Å². The van der Waals surface area contributed by atoms with Gasteiger partial charge in [0.05, 0.1) is 10.6 Å². The van der Waals surface area contributed by atoms with Crippen molar-refractivity contribution in [3.63, 3.8) is 0 Å². The summed E-state index contributed by atoms with van der Waals surface area (Å²) in [6.45, 7) is 14.7. The minimum Gasteiger partial charge on any atom is -0.478 e. The first-order chi connectivity index (χ1) is 12.3. The number of amidine groups is 1. The number of hydrogen-bond donors (Lipinski definition) is 2. The first-order valence-electron chi connectivity index (χ1n) is 8.65. The van der Waals surface area contributed by atoms with Gasteiger partial charge in [-0.1, -0.05) is 30.8 Å². The highest BCUT2D eigenvalue weighted by Crippen LogP contribution is 2.29. The van der Waals surface area contributed by atoms with Crippen molar-refractivity contribution in [3.05, 3.63) is 52.7 Å². The first-order valence-corrected chi connectivity index (χ1v) is 9.03. The zero-order chi connectivity index (χ0) is 19.4. The topological polar surface area (TPSA) is 64.9 Å². The Morgan fingerprint density at radius 2 is 1.96 bits per heavy atom. The highest BCUT2D eigenvalue weighted by molar-refractivity contribution is 6.42. The first kappa shape index (κ1) is 20.0. The van der Waals surface area contributed by atoms with Gasteiger partial charge in [-0.25, -0.2) is 9.79 Å². The Morgan fingerprint density at radius 1 is 1.35 bits per heavy atom. The van der Waals surface area contributed by atoms with E-state index in [1.54, 1.807) is 0 Å². The average molecular weight is 376 g/mol. The third-order valence-electron chi connectivity index (χ3n) is 4.78. The molecule has 1 aromatic rings. The number of nitrogens with zero attached hydrogens (tertiary/aromatic N) is 2. The molecule has 6 heteroatoms. The standard InChI is InChI=1S/C20H26ClN3O2/c1-6-22-19(15(5)21)24-9-7-16(8-10-24)23-18-13(3)11-12(2)17(14(18)4)20(25)26/h6,11,16,23H,1,5,7-10H2,2-4H3,(H,25,26). The lowest BCUT2D eigenvalue weighted by Gasteiger charge is -2.35. The van der Waals surface area contributed by atoms with Crippen molar-refractivity contribution in [2.45, 2.75) is 39.7 Å². The molecule has 0 unspecified atom stereocenters. The van der Waals surface area contributed by atoms with Crippen LogP contribution in [0.3, 0.4) is 0 Å². The maximum atomic E-state index is 11.6. The van der Waals surface area contributed by atoms with E-state index in [4.69, 9.17) is 11.6 Å². The lowest BCUT2D eigenvalue weighted by Crippen LogP contribution is -2.42. The number of nitrogens with one attached hydrogen (secondary N) is 1. The predicted octanol–water partition coefficient (Wildman–Crippen LogP) is 4.48. The fraction of sp³-hybridized carbons (Fsp3) is 0.400. The van der Waals surface area contributed by atoms with E-state index in [-0.39, 0.29) is 6.04 Å². The summed E-state index contributed by atoms with van der Waals surface area (Å²) in [6, 6.07) is 2.20. The molecule has 0 bridgehead atoms. The molecule has 26 heavy (non-hydrogen) atoms. The van der Waals surface area contributed by atoms with E-state index >= 15 is 0 Å². The largest absolute Gasteiger partial charge is 0.478 e. The van der Waals surface area contributed by atoms with Gasteiger partial charge < -0.3 is 15.3 Å². The van der Waals surface area contributed by atoms with Crippen LogP contribution in [0.1, 0.15) is 39.9 Å². The summed E-state index contributed by atoms with van der Waals surface area (Å²) >= 11 is 6.04. The van der Waals surface area contributed by atoms with Crippen molar-refractivity contribution in [1.82, 2.24) is 4.90 Å². The van der Waals surface area contributed by atoms with E-state index in [1.165, 1.54) is 6.20 Å². The third-order valence-corrected chi connectivity index (χ3v) is 4.95. The Kier molecular flexibility index (Phi) is 6.48. The summed E-state index contributed by atoms with van der Waals surface area (Å²) in [5.74, 6) is -0.222. The fourth-order valence-corrected chi connectivity index (χ4v) is 3.75. The van der Waals surface area contributed by atoms with Crippen molar-refractivity contribution >= 4 is 29.1 Å². The third kappa shape index (κ3) is 4.28. The minimum absolute atomic E-state index is 0.265. The molecule has 2 rings (SSSR count). The van der Waals surface area contributed by atoms with Crippen LogP contribution < -0.4 is 5.32 Å². The molecular weight excluding hydrogens is 350 g/mol. The number of likely N-dealkylation sites (tertiary alicyclic amines) is 1.